The van der Waals surface area contributed by atoms with Crippen molar-refractivity contribution >= 4 is 17.5 Å². The minimum atomic E-state index is -0.153. The number of fused-ring (bicyclic) bond motifs is 1. The van der Waals surface area contributed by atoms with Gasteiger partial charge in [-0.05, 0) is 67.6 Å². The number of nitrogens with zero attached hydrogens (tertiary/aromatic N) is 1. The highest BCUT2D eigenvalue weighted by Crippen LogP contribution is 2.36. The van der Waals surface area contributed by atoms with Gasteiger partial charge in [-0.25, -0.2) is 0 Å². The lowest BCUT2D eigenvalue weighted by Crippen LogP contribution is -2.40. The molecule has 1 amide bonds. The number of rotatable bonds is 4. The van der Waals surface area contributed by atoms with Crippen LogP contribution in [-0.4, -0.2) is 30.6 Å². The van der Waals surface area contributed by atoms with Crippen molar-refractivity contribution in [3.63, 3.8) is 0 Å². The highest BCUT2D eigenvalue weighted by atomic mass is 35.5. The molecule has 0 N–H and O–H groups in total. The normalized spacial score (nSPS) is 21.5. The van der Waals surface area contributed by atoms with E-state index in [2.05, 4.69) is 12.1 Å². The molecule has 2 unspecified atom stereocenters. The number of carbonyl (C=O) groups excluding carboxylic acids is 1. The van der Waals surface area contributed by atoms with Crippen LogP contribution in [0, 0.1) is 5.92 Å². The predicted molar refractivity (Wildman–Crippen MR) is 105 cm³/mol. The van der Waals surface area contributed by atoms with Crippen molar-refractivity contribution in [2.45, 2.75) is 32.2 Å². The molecule has 2 aromatic rings. The number of likely N-dealkylation sites (tertiary alicyclic amines) is 1. The van der Waals surface area contributed by atoms with Crippen molar-refractivity contribution in [3.8, 4) is 11.5 Å². The molecule has 0 saturated carbocycles. The molecule has 2 aliphatic rings. The molecule has 4 rings (SSSR count). The molecule has 5 heteroatoms. The molecule has 2 aromatic carbocycles. The molecule has 0 radical (unpaired) electrons. The fraction of sp³-hybridized carbons (Fsp3) is 0.409. The van der Waals surface area contributed by atoms with Gasteiger partial charge in [-0.3, -0.25) is 4.79 Å². The molecular weight excluding hydrogens is 362 g/mol. The smallest absolute Gasteiger partial charge is 0.229 e. The maximum atomic E-state index is 13.2. The first-order chi connectivity index (χ1) is 13.2. The third-order valence-electron chi connectivity index (χ3n) is 5.39. The van der Waals surface area contributed by atoms with Gasteiger partial charge in [0.05, 0.1) is 18.6 Å². The van der Waals surface area contributed by atoms with E-state index in [0.29, 0.717) is 24.7 Å². The van der Waals surface area contributed by atoms with Gasteiger partial charge >= 0.3 is 0 Å². The van der Waals surface area contributed by atoms with Crippen LogP contribution in [0.2, 0.25) is 5.02 Å². The van der Waals surface area contributed by atoms with Gasteiger partial charge in [0.1, 0.15) is 18.1 Å². The lowest BCUT2D eigenvalue weighted by molar-refractivity contribution is -0.137. The molecule has 0 aromatic heterocycles. The summed E-state index contributed by atoms with van der Waals surface area (Å²) >= 11 is 6.11. The van der Waals surface area contributed by atoms with Crippen molar-refractivity contribution < 1.29 is 14.3 Å². The number of halogens is 1. The summed E-state index contributed by atoms with van der Waals surface area (Å²) in [4.78, 5) is 15.3. The van der Waals surface area contributed by atoms with Crippen LogP contribution in [0.3, 0.4) is 0 Å². The number of benzene rings is 2. The molecule has 4 nitrogen and oxygen atoms in total. The van der Waals surface area contributed by atoms with Crippen LogP contribution >= 0.6 is 11.6 Å². The van der Waals surface area contributed by atoms with E-state index in [9.17, 15) is 4.79 Å². The standard InChI is InChI=1S/C22H24ClNO3/c1-2-26-19-8-5-15(6-9-19)20-4-3-11-24(20)22(25)17-12-16-13-18(23)7-10-21(16)27-14-17/h5-10,13,17,20H,2-4,11-12,14H2,1H3. The quantitative estimate of drug-likeness (QED) is 0.768. The fourth-order valence-electron chi connectivity index (χ4n) is 4.09. The van der Waals surface area contributed by atoms with E-state index < -0.39 is 0 Å². The molecule has 0 bridgehead atoms. The minimum Gasteiger partial charge on any atom is -0.494 e. The molecule has 0 spiro atoms. The Morgan fingerprint density at radius 3 is 2.85 bits per heavy atom. The third-order valence-corrected chi connectivity index (χ3v) is 5.62. The Hall–Kier alpha value is -2.20. The summed E-state index contributed by atoms with van der Waals surface area (Å²) in [5.41, 5.74) is 2.19. The molecule has 1 saturated heterocycles. The van der Waals surface area contributed by atoms with Crippen molar-refractivity contribution in [1.82, 2.24) is 4.90 Å². The van der Waals surface area contributed by atoms with Gasteiger partial charge in [0.25, 0.3) is 0 Å². The zero-order chi connectivity index (χ0) is 18.8. The van der Waals surface area contributed by atoms with E-state index >= 15 is 0 Å². The van der Waals surface area contributed by atoms with Crippen molar-refractivity contribution in [1.29, 1.82) is 0 Å². The first-order valence-corrected chi connectivity index (χ1v) is 9.98. The van der Waals surface area contributed by atoms with Gasteiger partial charge in [-0.15, -0.1) is 0 Å². The van der Waals surface area contributed by atoms with E-state index in [1.165, 1.54) is 5.56 Å². The summed E-state index contributed by atoms with van der Waals surface area (Å²) in [5.74, 6) is 1.73. The zero-order valence-corrected chi connectivity index (χ0v) is 16.2. The first kappa shape index (κ1) is 18.2. The largest absolute Gasteiger partial charge is 0.494 e. The lowest BCUT2D eigenvalue weighted by atomic mass is 9.94. The molecule has 2 heterocycles. The van der Waals surface area contributed by atoms with E-state index in [-0.39, 0.29) is 17.9 Å². The molecule has 1 fully saturated rings. The van der Waals surface area contributed by atoms with Gasteiger partial charge in [-0.2, -0.15) is 0 Å². The van der Waals surface area contributed by atoms with Gasteiger partial charge in [-0.1, -0.05) is 23.7 Å². The summed E-state index contributed by atoms with van der Waals surface area (Å²) in [7, 11) is 0. The van der Waals surface area contributed by atoms with Crippen molar-refractivity contribution in [2.75, 3.05) is 19.8 Å². The second kappa shape index (κ2) is 7.81. The minimum absolute atomic E-state index is 0.133. The third kappa shape index (κ3) is 3.77. The molecule has 27 heavy (non-hydrogen) atoms. The van der Waals surface area contributed by atoms with E-state index in [4.69, 9.17) is 21.1 Å². The summed E-state index contributed by atoms with van der Waals surface area (Å²) in [6, 6.07) is 13.9. The van der Waals surface area contributed by atoms with E-state index in [1.54, 1.807) is 0 Å². The number of hydrogen-bond donors (Lipinski definition) is 0. The summed E-state index contributed by atoms with van der Waals surface area (Å²) in [5, 5.41) is 0.680. The van der Waals surface area contributed by atoms with Crippen LogP contribution in [-0.2, 0) is 11.2 Å². The Labute approximate surface area is 165 Å². The molecule has 142 valence electrons. The Balaban J connectivity index is 1.49. The highest BCUT2D eigenvalue weighted by Gasteiger charge is 2.36. The van der Waals surface area contributed by atoms with Crippen LogP contribution < -0.4 is 9.47 Å². The average Bonchev–Trinajstić information content (AvgIpc) is 3.17. The van der Waals surface area contributed by atoms with Gasteiger partial charge < -0.3 is 14.4 Å². The van der Waals surface area contributed by atoms with Crippen molar-refractivity contribution in [2.24, 2.45) is 5.92 Å². The van der Waals surface area contributed by atoms with Gasteiger partial charge in [0, 0.05) is 11.6 Å². The maximum Gasteiger partial charge on any atom is 0.229 e. The average molecular weight is 386 g/mol. The second-order valence-electron chi connectivity index (χ2n) is 7.16. The topological polar surface area (TPSA) is 38.8 Å². The summed E-state index contributed by atoms with van der Waals surface area (Å²) < 4.78 is 11.4. The SMILES string of the molecule is CCOc1ccc(C2CCCN2C(=O)C2COc3ccc(Cl)cc3C2)cc1. The van der Waals surface area contributed by atoms with Gasteiger partial charge in [0.2, 0.25) is 5.91 Å². The number of carbonyl (C=O) groups is 1. The van der Waals surface area contributed by atoms with Crippen LogP contribution in [0.1, 0.15) is 36.9 Å². The van der Waals surface area contributed by atoms with Gasteiger partial charge in [0.15, 0.2) is 0 Å². The highest BCUT2D eigenvalue weighted by molar-refractivity contribution is 6.30. The lowest BCUT2D eigenvalue weighted by Gasteiger charge is -2.32. The summed E-state index contributed by atoms with van der Waals surface area (Å²) in [6.07, 6.45) is 2.70. The van der Waals surface area contributed by atoms with E-state index in [0.717, 1.165) is 36.4 Å². The Morgan fingerprint density at radius 1 is 1.26 bits per heavy atom. The van der Waals surface area contributed by atoms with Crippen molar-refractivity contribution in [3.05, 3.63) is 58.6 Å². The van der Waals surface area contributed by atoms with Crippen LogP contribution in [0.4, 0.5) is 0 Å². The van der Waals surface area contributed by atoms with E-state index in [1.807, 2.05) is 42.2 Å². The fourth-order valence-corrected chi connectivity index (χ4v) is 4.28. The molecule has 2 atom stereocenters. The van der Waals surface area contributed by atoms with Crippen LogP contribution in [0.25, 0.3) is 0 Å². The van der Waals surface area contributed by atoms with Crippen LogP contribution in [0.5, 0.6) is 11.5 Å². The Kier molecular flexibility index (Phi) is 5.26. The second-order valence-corrected chi connectivity index (χ2v) is 7.59. The predicted octanol–water partition coefficient (Wildman–Crippen LogP) is 4.65. The van der Waals surface area contributed by atoms with Crippen LogP contribution in [0.15, 0.2) is 42.5 Å². The maximum absolute atomic E-state index is 13.2. The number of amides is 1. The Morgan fingerprint density at radius 2 is 2.07 bits per heavy atom. The first-order valence-electron chi connectivity index (χ1n) is 9.60. The molecule has 2 aliphatic heterocycles. The summed E-state index contributed by atoms with van der Waals surface area (Å²) in [6.45, 7) is 3.86. The molecule has 0 aliphatic carbocycles. The number of ether oxygens (including phenoxy) is 2. The monoisotopic (exact) mass is 385 g/mol. The Bertz CT molecular complexity index is 821. The number of hydrogen-bond acceptors (Lipinski definition) is 3. The molecular formula is C22H24ClNO3. The zero-order valence-electron chi connectivity index (χ0n) is 15.5.